The summed E-state index contributed by atoms with van der Waals surface area (Å²) in [5.41, 5.74) is 5.38. The van der Waals surface area contributed by atoms with Crippen molar-refractivity contribution in [2.75, 3.05) is 0 Å². The molecule has 0 unspecified atom stereocenters. The number of para-hydroxylation sites is 2. The van der Waals surface area contributed by atoms with E-state index in [2.05, 4.69) is 18.8 Å². The molecule has 5 aromatic rings. The van der Waals surface area contributed by atoms with Crippen LogP contribution in [-0.4, -0.2) is 24.1 Å². The number of nitrogens with zero attached hydrogens (tertiary/aromatic N) is 5. The second-order valence-electron chi connectivity index (χ2n) is 7.85. The van der Waals surface area contributed by atoms with Crippen molar-refractivity contribution in [3.05, 3.63) is 70.8 Å². The van der Waals surface area contributed by atoms with Crippen LogP contribution in [0.15, 0.2) is 59.7 Å². The molecule has 29 heavy (non-hydrogen) atoms. The Kier molecular flexibility index (Phi) is 3.94. The molecule has 0 atom stereocenters. The zero-order valence-corrected chi connectivity index (χ0v) is 16.6. The molecule has 3 aromatic heterocycles. The topological polar surface area (TPSA) is 65.6 Å². The molecule has 0 amide bonds. The van der Waals surface area contributed by atoms with Gasteiger partial charge in [-0.15, -0.1) is 0 Å². The van der Waals surface area contributed by atoms with Crippen LogP contribution in [0.3, 0.4) is 0 Å². The van der Waals surface area contributed by atoms with Crippen LogP contribution in [0.1, 0.15) is 19.4 Å². The first-order chi connectivity index (χ1) is 14.0. The second kappa shape index (κ2) is 6.51. The maximum absolute atomic E-state index is 13.4. The van der Waals surface area contributed by atoms with Crippen molar-refractivity contribution in [3.8, 4) is 5.69 Å². The standard InChI is InChI=1S/C23H21N5O/c1-14(2)12-27-13-24-21-19(23(27)29)20-22(26-18-7-5-4-6-17(18)25-20)28(21)16-10-8-15(3)9-11-16/h4-11,13-14H,12H2,1-3H3. The number of fused-ring (bicyclic) bond motifs is 4. The van der Waals surface area contributed by atoms with Gasteiger partial charge in [-0.3, -0.25) is 13.9 Å². The van der Waals surface area contributed by atoms with Crippen LogP contribution in [0.25, 0.3) is 38.9 Å². The number of rotatable bonds is 3. The van der Waals surface area contributed by atoms with Crippen molar-refractivity contribution in [3.63, 3.8) is 0 Å². The lowest BCUT2D eigenvalue weighted by atomic mass is 10.2. The lowest BCUT2D eigenvalue weighted by Gasteiger charge is -2.09. The van der Waals surface area contributed by atoms with Crippen LogP contribution in [0.5, 0.6) is 0 Å². The van der Waals surface area contributed by atoms with Crippen LogP contribution in [0.4, 0.5) is 0 Å². The average Bonchev–Trinajstić information content (AvgIpc) is 3.02. The maximum Gasteiger partial charge on any atom is 0.265 e. The highest BCUT2D eigenvalue weighted by atomic mass is 16.1. The molecule has 0 aliphatic rings. The highest BCUT2D eigenvalue weighted by Crippen LogP contribution is 2.28. The molecule has 0 saturated carbocycles. The Morgan fingerprint density at radius 2 is 1.62 bits per heavy atom. The van der Waals surface area contributed by atoms with Gasteiger partial charge in [-0.2, -0.15) is 0 Å². The summed E-state index contributed by atoms with van der Waals surface area (Å²) in [4.78, 5) is 27.7. The summed E-state index contributed by atoms with van der Waals surface area (Å²) in [7, 11) is 0. The number of hydrogen-bond donors (Lipinski definition) is 0. The van der Waals surface area contributed by atoms with E-state index in [1.165, 1.54) is 5.56 Å². The van der Waals surface area contributed by atoms with Gasteiger partial charge in [-0.25, -0.2) is 15.0 Å². The fourth-order valence-corrected chi connectivity index (χ4v) is 3.73. The Labute approximate surface area is 167 Å². The van der Waals surface area contributed by atoms with E-state index < -0.39 is 0 Å². The molecule has 6 nitrogen and oxygen atoms in total. The van der Waals surface area contributed by atoms with E-state index in [-0.39, 0.29) is 5.56 Å². The highest BCUT2D eigenvalue weighted by molar-refractivity contribution is 6.05. The number of aryl methyl sites for hydroxylation is 1. The third-order valence-electron chi connectivity index (χ3n) is 5.08. The first kappa shape index (κ1) is 17.6. The molecule has 0 bridgehead atoms. The third kappa shape index (κ3) is 2.79. The molecule has 0 aliphatic carbocycles. The van der Waals surface area contributed by atoms with Gasteiger partial charge in [0.25, 0.3) is 5.56 Å². The molecule has 0 N–H and O–H groups in total. The summed E-state index contributed by atoms with van der Waals surface area (Å²) in [5, 5.41) is 0.516. The van der Waals surface area contributed by atoms with Crippen molar-refractivity contribution < 1.29 is 0 Å². The quantitative estimate of drug-likeness (QED) is 0.467. The molecular formula is C23H21N5O. The zero-order chi connectivity index (χ0) is 20.1. The molecule has 144 valence electrons. The predicted octanol–water partition coefficient (Wildman–Crippen LogP) is 4.25. The van der Waals surface area contributed by atoms with Gasteiger partial charge < -0.3 is 0 Å². The first-order valence-electron chi connectivity index (χ1n) is 9.76. The molecule has 0 fully saturated rings. The van der Waals surface area contributed by atoms with E-state index >= 15 is 0 Å². The summed E-state index contributed by atoms with van der Waals surface area (Å²) in [5.74, 6) is 0.337. The molecule has 5 rings (SSSR count). The largest absolute Gasteiger partial charge is 0.298 e. The van der Waals surface area contributed by atoms with Crippen molar-refractivity contribution in [2.24, 2.45) is 5.92 Å². The minimum Gasteiger partial charge on any atom is -0.298 e. The van der Waals surface area contributed by atoms with Crippen LogP contribution in [-0.2, 0) is 6.54 Å². The molecule has 0 spiro atoms. The number of hydrogen-bond acceptors (Lipinski definition) is 4. The molecule has 3 heterocycles. The minimum absolute atomic E-state index is 0.0795. The first-order valence-corrected chi connectivity index (χ1v) is 9.76. The summed E-state index contributed by atoms with van der Waals surface area (Å²) in [6.45, 7) is 6.82. The number of benzene rings is 2. The van der Waals surface area contributed by atoms with Gasteiger partial charge in [0.2, 0.25) is 0 Å². The normalized spacial score (nSPS) is 11.9. The molecule has 0 radical (unpaired) electrons. The van der Waals surface area contributed by atoms with Gasteiger partial charge in [0.1, 0.15) is 10.9 Å². The van der Waals surface area contributed by atoms with E-state index in [1.54, 1.807) is 10.9 Å². The van der Waals surface area contributed by atoms with E-state index in [4.69, 9.17) is 9.97 Å². The predicted molar refractivity (Wildman–Crippen MR) is 116 cm³/mol. The lowest BCUT2D eigenvalue weighted by Crippen LogP contribution is -2.23. The van der Waals surface area contributed by atoms with Gasteiger partial charge >= 0.3 is 0 Å². The monoisotopic (exact) mass is 383 g/mol. The molecule has 0 saturated heterocycles. The maximum atomic E-state index is 13.4. The Balaban J connectivity index is 1.95. The fourth-order valence-electron chi connectivity index (χ4n) is 3.73. The van der Waals surface area contributed by atoms with Crippen molar-refractivity contribution in [2.45, 2.75) is 27.3 Å². The van der Waals surface area contributed by atoms with Gasteiger partial charge in [0.05, 0.1) is 17.4 Å². The van der Waals surface area contributed by atoms with Crippen LogP contribution in [0, 0.1) is 12.8 Å². The Morgan fingerprint density at radius 1 is 0.931 bits per heavy atom. The van der Waals surface area contributed by atoms with Gasteiger partial charge in [0.15, 0.2) is 11.3 Å². The summed E-state index contributed by atoms with van der Waals surface area (Å²) in [6.07, 6.45) is 1.63. The van der Waals surface area contributed by atoms with Crippen molar-refractivity contribution in [1.82, 2.24) is 24.1 Å². The molecule has 0 aliphatic heterocycles. The van der Waals surface area contributed by atoms with Crippen LogP contribution >= 0.6 is 0 Å². The van der Waals surface area contributed by atoms with Gasteiger partial charge in [-0.05, 0) is 37.1 Å². The SMILES string of the molecule is Cc1ccc(-n2c3nc4ccccc4nc3c3c(=O)n(CC(C)C)cnc32)cc1. The van der Waals surface area contributed by atoms with Crippen LogP contribution < -0.4 is 5.56 Å². The Morgan fingerprint density at radius 3 is 2.31 bits per heavy atom. The van der Waals surface area contributed by atoms with E-state index in [1.807, 2.05) is 60.0 Å². The highest BCUT2D eigenvalue weighted by Gasteiger charge is 2.20. The number of aromatic nitrogens is 5. The van der Waals surface area contributed by atoms with Gasteiger partial charge in [-0.1, -0.05) is 43.7 Å². The van der Waals surface area contributed by atoms with E-state index in [0.29, 0.717) is 34.7 Å². The fraction of sp³-hybridized carbons (Fsp3) is 0.217. The van der Waals surface area contributed by atoms with Gasteiger partial charge in [0, 0.05) is 12.2 Å². The second-order valence-corrected chi connectivity index (χ2v) is 7.85. The molecule has 6 heteroatoms. The average molecular weight is 383 g/mol. The van der Waals surface area contributed by atoms with Crippen molar-refractivity contribution >= 4 is 33.2 Å². The molecule has 2 aromatic carbocycles. The van der Waals surface area contributed by atoms with Crippen LogP contribution in [0.2, 0.25) is 0 Å². The minimum atomic E-state index is -0.0795. The van der Waals surface area contributed by atoms with E-state index in [9.17, 15) is 4.79 Å². The smallest absolute Gasteiger partial charge is 0.265 e. The summed E-state index contributed by atoms with van der Waals surface area (Å²) in [6, 6.07) is 15.8. The van der Waals surface area contributed by atoms with E-state index in [0.717, 1.165) is 16.7 Å². The lowest BCUT2D eigenvalue weighted by molar-refractivity contribution is 0.508. The Hall–Kier alpha value is -3.54. The Bertz CT molecular complexity index is 1430. The summed E-state index contributed by atoms with van der Waals surface area (Å²) < 4.78 is 3.60. The third-order valence-corrected chi connectivity index (χ3v) is 5.08. The zero-order valence-electron chi connectivity index (χ0n) is 16.6. The van der Waals surface area contributed by atoms with Crippen molar-refractivity contribution in [1.29, 1.82) is 0 Å². The summed E-state index contributed by atoms with van der Waals surface area (Å²) >= 11 is 0. The molecular weight excluding hydrogens is 362 g/mol.